The lowest BCUT2D eigenvalue weighted by atomic mass is 10.3. The maximum atomic E-state index is 11.4. The van der Waals surface area contributed by atoms with Crippen LogP contribution >= 0.6 is 22.9 Å². The maximum Gasteiger partial charge on any atom is 0.418 e. The van der Waals surface area contributed by atoms with E-state index in [0.717, 1.165) is 0 Å². The van der Waals surface area contributed by atoms with E-state index in [9.17, 15) is 4.79 Å². The van der Waals surface area contributed by atoms with Gasteiger partial charge in [-0.15, -0.1) is 0 Å². The molecule has 0 bridgehead atoms. The summed E-state index contributed by atoms with van der Waals surface area (Å²) in [6.45, 7) is 0. The number of anilines is 1. The van der Waals surface area contributed by atoms with Crippen molar-refractivity contribution in [2.24, 2.45) is 0 Å². The van der Waals surface area contributed by atoms with Crippen molar-refractivity contribution in [2.75, 3.05) is 5.32 Å². The molecule has 4 nitrogen and oxygen atoms in total. The van der Waals surface area contributed by atoms with Gasteiger partial charge >= 0.3 is 6.09 Å². The Labute approximate surface area is 101 Å². The number of hydrogen-bond acceptors (Lipinski definition) is 4. The number of hydrogen-bond donors (Lipinski definition) is 1. The van der Waals surface area contributed by atoms with E-state index in [2.05, 4.69) is 10.3 Å². The van der Waals surface area contributed by atoms with E-state index >= 15 is 0 Å². The van der Waals surface area contributed by atoms with Gasteiger partial charge in [-0.1, -0.05) is 41.1 Å². The number of aromatic nitrogens is 1. The molecule has 2 rings (SSSR count). The molecular formula is C10H7ClN2O2S. The number of amides is 1. The van der Waals surface area contributed by atoms with Crippen LogP contribution in [-0.2, 0) is 0 Å². The first-order valence-electron chi connectivity index (χ1n) is 4.39. The van der Waals surface area contributed by atoms with Gasteiger partial charge in [-0.05, 0) is 12.1 Å². The van der Waals surface area contributed by atoms with Crippen molar-refractivity contribution in [3.8, 4) is 5.75 Å². The first kappa shape index (κ1) is 10.9. The van der Waals surface area contributed by atoms with Gasteiger partial charge in [0.1, 0.15) is 10.1 Å². The predicted molar refractivity (Wildman–Crippen MR) is 63.2 cm³/mol. The van der Waals surface area contributed by atoms with Crippen molar-refractivity contribution in [1.29, 1.82) is 0 Å². The van der Waals surface area contributed by atoms with Crippen molar-refractivity contribution < 1.29 is 9.53 Å². The van der Waals surface area contributed by atoms with Gasteiger partial charge in [0.15, 0.2) is 5.13 Å². The van der Waals surface area contributed by atoms with Crippen molar-refractivity contribution in [1.82, 2.24) is 4.98 Å². The highest BCUT2D eigenvalue weighted by Gasteiger charge is 2.07. The molecule has 0 saturated carbocycles. The molecule has 0 spiro atoms. The summed E-state index contributed by atoms with van der Waals surface area (Å²) in [6, 6.07) is 8.78. The zero-order chi connectivity index (χ0) is 11.4. The number of ether oxygens (including phenoxy) is 1. The molecule has 1 amide bonds. The normalized spacial score (nSPS) is 9.81. The highest BCUT2D eigenvalue weighted by molar-refractivity contribution is 7.19. The average Bonchev–Trinajstić information content (AvgIpc) is 2.65. The fraction of sp³-hybridized carbons (Fsp3) is 0. The fourth-order valence-electron chi connectivity index (χ4n) is 1.02. The van der Waals surface area contributed by atoms with Gasteiger partial charge in [0.05, 0.1) is 6.20 Å². The molecule has 0 radical (unpaired) electrons. The van der Waals surface area contributed by atoms with Gasteiger partial charge in [-0.3, -0.25) is 5.32 Å². The molecule has 1 aromatic heterocycles. The number of nitrogens with one attached hydrogen (secondary N) is 1. The van der Waals surface area contributed by atoms with Crippen molar-refractivity contribution in [3.05, 3.63) is 40.9 Å². The van der Waals surface area contributed by atoms with E-state index in [1.54, 1.807) is 24.3 Å². The number of benzene rings is 1. The first-order valence-corrected chi connectivity index (χ1v) is 5.59. The topological polar surface area (TPSA) is 51.2 Å². The van der Waals surface area contributed by atoms with Crippen LogP contribution in [0.4, 0.5) is 9.93 Å². The van der Waals surface area contributed by atoms with E-state index in [1.165, 1.54) is 17.5 Å². The second-order valence-corrected chi connectivity index (χ2v) is 4.46. The van der Waals surface area contributed by atoms with Crippen molar-refractivity contribution in [2.45, 2.75) is 0 Å². The van der Waals surface area contributed by atoms with Gasteiger partial charge in [-0.25, -0.2) is 9.78 Å². The smallest absolute Gasteiger partial charge is 0.410 e. The second kappa shape index (κ2) is 4.96. The molecule has 6 heteroatoms. The Kier molecular flexibility index (Phi) is 3.38. The third-order valence-electron chi connectivity index (χ3n) is 1.64. The van der Waals surface area contributed by atoms with Crippen LogP contribution in [0, 0.1) is 0 Å². The number of nitrogens with zero attached hydrogens (tertiary/aromatic N) is 1. The van der Waals surface area contributed by atoms with E-state index in [4.69, 9.17) is 16.3 Å². The van der Waals surface area contributed by atoms with Crippen LogP contribution in [0.15, 0.2) is 36.5 Å². The standard InChI is InChI=1S/C10H7ClN2O2S/c11-8-6-12-9(16-8)13-10(14)15-7-4-2-1-3-5-7/h1-6H,(H,12,13,14). The zero-order valence-corrected chi connectivity index (χ0v) is 9.59. The minimum atomic E-state index is -0.586. The van der Waals surface area contributed by atoms with E-state index in [-0.39, 0.29) is 0 Å². The number of thiazole rings is 1. The number of rotatable bonds is 2. The lowest BCUT2D eigenvalue weighted by Gasteiger charge is -2.03. The summed E-state index contributed by atoms with van der Waals surface area (Å²) >= 11 is 6.84. The van der Waals surface area contributed by atoms with Crippen LogP contribution in [0.25, 0.3) is 0 Å². The van der Waals surface area contributed by atoms with Crippen LogP contribution in [0.2, 0.25) is 4.34 Å². The highest BCUT2D eigenvalue weighted by Crippen LogP contribution is 2.22. The van der Waals surface area contributed by atoms with Crippen molar-refractivity contribution in [3.63, 3.8) is 0 Å². The molecule has 0 fully saturated rings. The first-order chi connectivity index (χ1) is 7.74. The summed E-state index contributed by atoms with van der Waals surface area (Å²) < 4.78 is 5.51. The van der Waals surface area contributed by atoms with Crippen LogP contribution in [0.1, 0.15) is 0 Å². The minimum Gasteiger partial charge on any atom is -0.410 e. The molecule has 0 unspecified atom stereocenters. The summed E-state index contributed by atoms with van der Waals surface area (Å²) in [4.78, 5) is 15.3. The Bertz CT molecular complexity index is 487. The second-order valence-electron chi connectivity index (χ2n) is 2.80. The fourth-order valence-corrected chi connectivity index (χ4v) is 1.82. The number of para-hydroxylation sites is 1. The van der Waals surface area contributed by atoms with Gasteiger partial charge < -0.3 is 4.74 Å². The van der Waals surface area contributed by atoms with Crippen LogP contribution in [0.3, 0.4) is 0 Å². The van der Waals surface area contributed by atoms with Gasteiger partial charge in [-0.2, -0.15) is 0 Å². The van der Waals surface area contributed by atoms with Crippen LogP contribution in [-0.4, -0.2) is 11.1 Å². The third kappa shape index (κ3) is 2.95. The molecule has 0 aliphatic rings. The van der Waals surface area contributed by atoms with Crippen molar-refractivity contribution >= 4 is 34.2 Å². The minimum absolute atomic E-state index is 0.408. The van der Waals surface area contributed by atoms with Gasteiger partial charge in [0, 0.05) is 0 Å². The number of halogens is 1. The van der Waals surface area contributed by atoms with E-state index in [0.29, 0.717) is 15.2 Å². The Morgan fingerprint density at radius 2 is 2.12 bits per heavy atom. The molecule has 0 aliphatic carbocycles. The summed E-state index contributed by atoms with van der Waals surface area (Å²) in [5.74, 6) is 0.475. The van der Waals surface area contributed by atoms with Crippen LogP contribution < -0.4 is 10.1 Å². The Hall–Kier alpha value is -1.59. The maximum absolute atomic E-state index is 11.4. The molecular weight excluding hydrogens is 248 g/mol. The van der Waals surface area contributed by atoms with Crippen LogP contribution in [0.5, 0.6) is 5.75 Å². The third-order valence-corrected chi connectivity index (χ3v) is 2.67. The summed E-state index contributed by atoms with van der Waals surface area (Å²) in [6.07, 6.45) is 0.877. The lowest BCUT2D eigenvalue weighted by Crippen LogP contribution is -2.16. The molecule has 0 aliphatic heterocycles. The predicted octanol–water partition coefficient (Wildman–Crippen LogP) is 3.41. The molecule has 1 aromatic carbocycles. The zero-order valence-electron chi connectivity index (χ0n) is 8.01. The quantitative estimate of drug-likeness (QED) is 0.894. The number of carbonyl (C=O) groups excluding carboxylic acids is 1. The molecule has 1 heterocycles. The highest BCUT2D eigenvalue weighted by atomic mass is 35.5. The van der Waals surface area contributed by atoms with Gasteiger partial charge in [0.2, 0.25) is 0 Å². The summed E-state index contributed by atoms with van der Waals surface area (Å²) in [5.41, 5.74) is 0. The Morgan fingerprint density at radius 3 is 2.75 bits per heavy atom. The molecule has 82 valence electrons. The monoisotopic (exact) mass is 254 g/mol. The molecule has 0 atom stereocenters. The number of carbonyl (C=O) groups is 1. The molecule has 0 saturated heterocycles. The average molecular weight is 255 g/mol. The SMILES string of the molecule is O=C(Nc1ncc(Cl)s1)Oc1ccccc1. The lowest BCUT2D eigenvalue weighted by molar-refractivity contribution is 0.215. The molecule has 1 N–H and O–H groups in total. The Morgan fingerprint density at radius 1 is 1.38 bits per heavy atom. The van der Waals surface area contributed by atoms with E-state index < -0.39 is 6.09 Å². The molecule has 2 aromatic rings. The summed E-state index contributed by atoms with van der Waals surface area (Å²) in [5, 5.41) is 2.88. The largest absolute Gasteiger partial charge is 0.418 e. The Balaban J connectivity index is 1.95. The van der Waals surface area contributed by atoms with E-state index in [1.807, 2.05) is 6.07 Å². The summed E-state index contributed by atoms with van der Waals surface area (Å²) in [7, 11) is 0. The van der Waals surface area contributed by atoms with Gasteiger partial charge in [0.25, 0.3) is 0 Å². The molecule has 16 heavy (non-hydrogen) atoms.